The van der Waals surface area contributed by atoms with E-state index in [-0.39, 0.29) is 115 Å². The summed E-state index contributed by atoms with van der Waals surface area (Å²) in [6, 6.07) is -0.163. The Balaban J connectivity index is 1.96. The van der Waals surface area contributed by atoms with E-state index in [0.29, 0.717) is 62.9 Å². The molecule has 2 atom stereocenters. The van der Waals surface area contributed by atoms with E-state index in [9.17, 15) is 68.7 Å². The van der Waals surface area contributed by atoms with Gasteiger partial charge in [0.2, 0.25) is 5.91 Å². The molecule has 0 saturated carbocycles. The van der Waals surface area contributed by atoms with Crippen molar-refractivity contribution in [1.29, 1.82) is 0 Å². The van der Waals surface area contributed by atoms with E-state index >= 15 is 0 Å². The predicted molar refractivity (Wildman–Crippen MR) is 232 cm³/mol. The van der Waals surface area contributed by atoms with Gasteiger partial charge in [0.1, 0.15) is 28.3 Å². The maximum absolute atomic E-state index is 13.5. The molecule has 2 rings (SSSR count). The van der Waals surface area contributed by atoms with Crippen LogP contribution in [0.5, 0.6) is 0 Å². The van der Waals surface area contributed by atoms with E-state index in [1.165, 1.54) is 6.92 Å². The molecule has 0 aliphatic carbocycles. The van der Waals surface area contributed by atoms with Crippen LogP contribution in [0.3, 0.4) is 0 Å². The number of Topliss-reactive ketones (excluding diaryl/α,β-unsaturated/α-hetero) is 2. The highest BCUT2D eigenvalue weighted by molar-refractivity contribution is 9.10. The van der Waals surface area contributed by atoms with Crippen LogP contribution in [0.4, 0.5) is 4.79 Å². The third-order valence-electron chi connectivity index (χ3n) is 10.4. The van der Waals surface area contributed by atoms with Crippen LogP contribution < -0.4 is 10.6 Å². The molecule has 1 saturated heterocycles. The summed E-state index contributed by atoms with van der Waals surface area (Å²) in [7, 11) is 0. The Bertz CT molecular complexity index is 1690. The summed E-state index contributed by atoms with van der Waals surface area (Å²) in [6.45, 7) is 3.35. The molecule has 0 radical (unpaired) electrons. The van der Waals surface area contributed by atoms with Crippen molar-refractivity contribution in [3.8, 4) is 0 Å². The molecule has 1 aromatic rings. The first-order valence-electron chi connectivity index (χ1n) is 21.3. The molecule has 0 aromatic carbocycles. The van der Waals surface area contributed by atoms with Gasteiger partial charge in [-0.2, -0.15) is 0 Å². The lowest BCUT2D eigenvalue weighted by molar-refractivity contribution is -0.140. The van der Waals surface area contributed by atoms with Crippen LogP contribution >= 0.6 is 15.9 Å². The molecule has 1 aliphatic heterocycles. The van der Waals surface area contributed by atoms with Crippen molar-refractivity contribution in [1.82, 2.24) is 40.1 Å². The Hall–Kier alpha value is -5.10. The number of carbonyl (C=O) groups excluding carboxylic acids is 4. The number of unbranched alkanes of at least 4 members (excludes halogenated alkanes) is 3. The van der Waals surface area contributed by atoms with Crippen molar-refractivity contribution < 1.29 is 68.7 Å². The second kappa shape index (κ2) is 30.1. The van der Waals surface area contributed by atoms with Crippen LogP contribution in [-0.2, 0) is 44.9 Å². The number of nitrogens with zero attached hydrogens (tertiary/aromatic N) is 6. The molecule has 0 bridgehead atoms. The Labute approximate surface area is 380 Å². The van der Waals surface area contributed by atoms with Gasteiger partial charge < -0.3 is 45.9 Å². The lowest BCUT2D eigenvalue weighted by atomic mass is 10.1. The number of aromatic nitrogens is 1. The smallest absolute Gasteiger partial charge is 0.326 e. The van der Waals surface area contributed by atoms with Crippen LogP contribution in [0.1, 0.15) is 76.7 Å². The zero-order valence-electron chi connectivity index (χ0n) is 36.3. The van der Waals surface area contributed by atoms with Gasteiger partial charge in [0.15, 0.2) is 0 Å². The number of nitrogens with one attached hydrogen (secondary N) is 2. The third kappa shape index (κ3) is 24.7. The highest BCUT2D eigenvalue weighted by Gasteiger charge is 2.26. The molecule has 0 unspecified atom stereocenters. The number of halogens is 1. The molecule has 1 aliphatic rings. The van der Waals surface area contributed by atoms with Gasteiger partial charge in [0, 0.05) is 90.9 Å². The number of carbonyl (C=O) groups is 9. The fraction of sp³-hybridized carbons (Fsp3) is 0.659. The number of ketones is 2. The topological polar surface area (TPSA) is 308 Å². The molecule has 358 valence electrons. The quantitative estimate of drug-likeness (QED) is 0.0453. The monoisotopic (exact) mass is 970 g/mol. The number of carboxylic acids is 5. The van der Waals surface area contributed by atoms with Crippen molar-refractivity contribution in [2.45, 2.75) is 89.8 Å². The third-order valence-corrected chi connectivity index (χ3v) is 10.9. The number of urea groups is 1. The number of pyridine rings is 1. The van der Waals surface area contributed by atoms with Gasteiger partial charge in [-0.15, -0.1) is 0 Å². The van der Waals surface area contributed by atoms with E-state index in [4.69, 9.17) is 0 Å². The van der Waals surface area contributed by atoms with Crippen molar-refractivity contribution >= 4 is 69.3 Å². The fourth-order valence-electron chi connectivity index (χ4n) is 6.93. The summed E-state index contributed by atoms with van der Waals surface area (Å²) in [5, 5.41) is 51.9. The molecule has 1 aromatic heterocycles. The zero-order valence-corrected chi connectivity index (χ0v) is 37.9. The van der Waals surface area contributed by atoms with E-state index in [1.807, 2.05) is 11.0 Å². The van der Waals surface area contributed by atoms with Crippen molar-refractivity contribution in [3.05, 3.63) is 28.5 Å². The maximum Gasteiger partial charge on any atom is 0.326 e. The summed E-state index contributed by atoms with van der Waals surface area (Å²) in [5.74, 6) is -6.31. The van der Waals surface area contributed by atoms with Crippen molar-refractivity contribution in [3.63, 3.8) is 0 Å². The van der Waals surface area contributed by atoms with E-state index < -0.39 is 48.0 Å². The number of aliphatic carboxylic acids is 5. The highest BCUT2D eigenvalue weighted by Crippen LogP contribution is 2.14. The van der Waals surface area contributed by atoms with Crippen LogP contribution in [-0.4, -0.2) is 206 Å². The zero-order chi connectivity index (χ0) is 47.6. The molecule has 0 spiro atoms. The number of amides is 3. The molecule has 22 nitrogen and oxygen atoms in total. The second-order valence-electron chi connectivity index (χ2n) is 15.8. The first kappa shape index (κ1) is 55.0. The number of hydrogen-bond acceptors (Lipinski definition) is 14. The molecular weight excluding hydrogens is 908 g/mol. The lowest BCUT2D eigenvalue weighted by Gasteiger charge is -2.32. The fourth-order valence-corrected chi connectivity index (χ4v) is 7.17. The summed E-state index contributed by atoms with van der Waals surface area (Å²) in [5.41, 5.74) is 0.765. The van der Waals surface area contributed by atoms with E-state index in [0.717, 1.165) is 5.56 Å². The van der Waals surface area contributed by atoms with E-state index in [1.54, 1.807) is 31.9 Å². The van der Waals surface area contributed by atoms with Gasteiger partial charge in [0.05, 0.1) is 26.2 Å². The van der Waals surface area contributed by atoms with Crippen molar-refractivity contribution in [2.75, 3.05) is 85.1 Å². The van der Waals surface area contributed by atoms with Gasteiger partial charge in [-0.25, -0.2) is 19.4 Å². The summed E-state index contributed by atoms with van der Waals surface area (Å²) >= 11 is 3.30. The SMILES string of the molecule is CC(=O)CC[C@H](NC(=O)N[C@@H](CCCCN(Cc1ccc(Br)nc1)C(=O)CCCCCC(=O)CN1CCN(CC(=O)O)CCN(CC(=O)O)CCN(CC(=O)O)CC1)C(=O)O)C(=O)O. The van der Waals surface area contributed by atoms with Gasteiger partial charge in [-0.3, -0.25) is 43.6 Å². The minimum Gasteiger partial charge on any atom is -0.480 e. The minimum atomic E-state index is -1.38. The molecule has 3 amide bonds. The average Bonchev–Trinajstić information content (AvgIpc) is 3.20. The molecule has 7 N–H and O–H groups in total. The molecule has 23 heteroatoms. The Kier molecular flexibility index (Phi) is 25.9. The lowest BCUT2D eigenvalue weighted by Crippen LogP contribution is -2.51. The summed E-state index contributed by atoms with van der Waals surface area (Å²) < 4.78 is 0.614. The van der Waals surface area contributed by atoms with Crippen molar-refractivity contribution in [2.24, 2.45) is 0 Å². The van der Waals surface area contributed by atoms with Gasteiger partial charge in [0.25, 0.3) is 0 Å². The first-order chi connectivity index (χ1) is 30.3. The minimum absolute atomic E-state index is 0.00418. The van der Waals surface area contributed by atoms with Crippen LogP contribution in [0, 0.1) is 0 Å². The maximum atomic E-state index is 13.5. The van der Waals surface area contributed by atoms with Crippen LogP contribution in [0.2, 0.25) is 0 Å². The number of hydrogen-bond donors (Lipinski definition) is 7. The Morgan fingerprint density at radius 3 is 1.53 bits per heavy atom. The van der Waals surface area contributed by atoms with Gasteiger partial charge in [-0.05, 0) is 73.0 Å². The van der Waals surface area contributed by atoms with Gasteiger partial charge >= 0.3 is 35.9 Å². The normalized spacial score (nSPS) is 15.7. The summed E-state index contributed by atoms with van der Waals surface area (Å²) in [6.07, 6.45) is 4.05. The first-order valence-corrected chi connectivity index (χ1v) is 22.1. The average molecular weight is 972 g/mol. The molecule has 2 heterocycles. The Morgan fingerprint density at radius 1 is 0.625 bits per heavy atom. The van der Waals surface area contributed by atoms with Gasteiger partial charge in [-0.1, -0.05) is 12.5 Å². The second-order valence-corrected chi connectivity index (χ2v) is 16.6. The molecule has 64 heavy (non-hydrogen) atoms. The molecular formula is C41H63BrN8O14. The number of carboxylic acid groups (broad SMARTS) is 5. The predicted octanol–water partition coefficient (Wildman–Crippen LogP) is 0.913. The highest BCUT2D eigenvalue weighted by atomic mass is 79.9. The number of rotatable bonds is 28. The standard InChI is InChI=1S/C41H63BrN8O14/c1-29(51)10-12-33(40(62)63)45-41(64)44-32(39(60)61)8-5-6-14-50(24-30-11-13-34(42)43-23-30)35(53)9-4-2-3-7-31(52)25-46-15-17-47(26-36(54)55)19-21-49(28-38(58)59)22-20-48(18-16-46)27-37(56)57/h11,13,23,32-33H,2-10,12,14-22,24-28H2,1H3,(H,54,55)(H,56,57)(H,58,59)(H,60,61)(H,62,63)(H2,44,45,64)/t32-,33-/m0/s1. The van der Waals surface area contributed by atoms with Crippen LogP contribution in [0.15, 0.2) is 22.9 Å². The summed E-state index contributed by atoms with van der Waals surface area (Å²) in [4.78, 5) is 121. The Morgan fingerprint density at radius 2 is 1.09 bits per heavy atom. The largest absolute Gasteiger partial charge is 0.480 e. The van der Waals surface area contributed by atoms with Crippen LogP contribution in [0.25, 0.3) is 0 Å². The molecule has 1 fully saturated rings. The van der Waals surface area contributed by atoms with E-state index in [2.05, 4.69) is 31.5 Å².